The van der Waals surface area contributed by atoms with E-state index in [-0.39, 0.29) is 5.91 Å². The van der Waals surface area contributed by atoms with Gasteiger partial charge in [-0.2, -0.15) is 0 Å². The maximum atomic E-state index is 12.0. The van der Waals surface area contributed by atoms with Gasteiger partial charge in [-0.3, -0.25) is 9.69 Å². The zero-order valence-corrected chi connectivity index (χ0v) is 11.1. The van der Waals surface area contributed by atoms with E-state index in [9.17, 15) is 4.79 Å². The molecule has 1 aromatic carbocycles. The Bertz CT molecular complexity index is 477. The van der Waals surface area contributed by atoms with Gasteiger partial charge in [0.05, 0.1) is 0 Å². The Labute approximate surface area is 114 Å². The third kappa shape index (κ3) is 2.71. The second-order valence-corrected chi connectivity index (χ2v) is 5.69. The number of hydrogen-bond acceptors (Lipinski definition) is 2. The lowest BCUT2D eigenvalue weighted by atomic mass is 9.86. The van der Waals surface area contributed by atoms with E-state index in [1.54, 1.807) is 0 Å². The highest BCUT2D eigenvalue weighted by atomic mass is 16.1. The minimum atomic E-state index is -0.0204. The molecule has 1 saturated carbocycles. The van der Waals surface area contributed by atoms with Gasteiger partial charge in [0.2, 0.25) is 5.91 Å². The summed E-state index contributed by atoms with van der Waals surface area (Å²) < 4.78 is 0. The smallest absolute Gasteiger partial charge is 0.248 e. The lowest BCUT2D eigenvalue weighted by Crippen LogP contribution is -2.34. The minimum Gasteiger partial charge on any atom is -0.348 e. The topological polar surface area (TPSA) is 32.3 Å². The second-order valence-electron chi connectivity index (χ2n) is 5.69. The normalized spacial score (nSPS) is 24.8. The molecule has 0 atom stereocenters. The van der Waals surface area contributed by atoms with Crippen LogP contribution >= 0.6 is 0 Å². The van der Waals surface area contributed by atoms with Gasteiger partial charge in [-0.1, -0.05) is 36.9 Å². The zero-order chi connectivity index (χ0) is 13.2. The van der Waals surface area contributed by atoms with Gasteiger partial charge in [0.15, 0.2) is 0 Å². The number of benzene rings is 1. The van der Waals surface area contributed by atoms with Crippen molar-refractivity contribution in [1.82, 2.24) is 10.2 Å². The van der Waals surface area contributed by atoms with Crippen molar-refractivity contribution < 1.29 is 4.79 Å². The first kappa shape index (κ1) is 12.4. The summed E-state index contributed by atoms with van der Waals surface area (Å²) in [5.74, 6) is 0.859. The Kier molecular flexibility index (Phi) is 3.38. The van der Waals surface area contributed by atoms with Crippen LogP contribution in [0.15, 0.2) is 42.5 Å². The summed E-state index contributed by atoms with van der Waals surface area (Å²) in [4.78, 5) is 14.4. The van der Waals surface area contributed by atoms with Crippen molar-refractivity contribution in [2.45, 2.75) is 25.4 Å². The summed E-state index contributed by atoms with van der Waals surface area (Å²) in [6, 6.07) is 10.7. The highest BCUT2D eigenvalue weighted by Crippen LogP contribution is 2.40. The fourth-order valence-electron chi connectivity index (χ4n) is 3.04. The van der Waals surface area contributed by atoms with Gasteiger partial charge < -0.3 is 5.32 Å². The van der Waals surface area contributed by atoms with Gasteiger partial charge in [-0.25, -0.2) is 0 Å². The predicted octanol–water partition coefficient (Wildman–Crippen LogP) is 1.95. The molecule has 2 saturated heterocycles. The van der Waals surface area contributed by atoms with E-state index >= 15 is 0 Å². The summed E-state index contributed by atoms with van der Waals surface area (Å²) in [7, 11) is 0. The summed E-state index contributed by atoms with van der Waals surface area (Å²) in [6.45, 7) is 6.38. The van der Waals surface area contributed by atoms with Gasteiger partial charge in [0.25, 0.3) is 0 Å². The molecule has 2 heterocycles. The average Bonchev–Trinajstić information content (AvgIpc) is 2.95. The van der Waals surface area contributed by atoms with Crippen molar-refractivity contribution in [3.63, 3.8) is 0 Å². The Hall–Kier alpha value is -1.61. The first-order valence-corrected chi connectivity index (χ1v) is 6.96. The number of nitrogens with zero attached hydrogens (tertiary/aromatic N) is 1. The van der Waals surface area contributed by atoms with Crippen LogP contribution < -0.4 is 5.32 Å². The van der Waals surface area contributed by atoms with Gasteiger partial charge in [0, 0.05) is 31.2 Å². The minimum absolute atomic E-state index is 0.0204. The summed E-state index contributed by atoms with van der Waals surface area (Å²) >= 11 is 0. The monoisotopic (exact) mass is 256 g/mol. The van der Waals surface area contributed by atoms with Crippen LogP contribution in [0.3, 0.4) is 0 Å². The summed E-state index contributed by atoms with van der Waals surface area (Å²) in [5, 5.41) is 2.94. The molecule has 0 radical (unpaired) electrons. The highest BCUT2D eigenvalue weighted by molar-refractivity contribution is 5.93. The molecular weight excluding hydrogens is 236 g/mol. The van der Waals surface area contributed by atoms with Crippen molar-refractivity contribution in [1.29, 1.82) is 0 Å². The first-order valence-electron chi connectivity index (χ1n) is 6.96. The van der Waals surface area contributed by atoms with Crippen LogP contribution in [0, 0.1) is 5.92 Å². The van der Waals surface area contributed by atoms with Gasteiger partial charge in [-0.15, -0.1) is 0 Å². The molecule has 1 aromatic rings. The molecule has 1 N–H and O–H groups in total. The second kappa shape index (κ2) is 5.17. The molecule has 1 amide bonds. The Balaban J connectivity index is 1.46. The fourth-order valence-corrected chi connectivity index (χ4v) is 3.04. The molecule has 19 heavy (non-hydrogen) atoms. The molecule has 3 aliphatic rings. The van der Waals surface area contributed by atoms with Crippen LogP contribution in [0.4, 0.5) is 0 Å². The van der Waals surface area contributed by atoms with E-state index in [2.05, 4.69) is 16.8 Å². The third-order valence-corrected chi connectivity index (χ3v) is 4.23. The molecule has 3 nitrogen and oxygen atoms in total. The van der Waals surface area contributed by atoms with E-state index < -0.39 is 0 Å². The van der Waals surface area contributed by atoms with Gasteiger partial charge in [0.1, 0.15) is 0 Å². The standard InChI is InChI=1S/C16H20N2O/c1-12(10-18-11-14-7-15(18)8-14)16(19)17-9-13-5-3-2-4-6-13/h2-6,14-15H,1,7-11H2,(H,17,19). The van der Waals surface area contributed by atoms with Crippen LogP contribution in [-0.2, 0) is 11.3 Å². The summed E-state index contributed by atoms with van der Waals surface area (Å²) in [5.41, 5.74) is 1.80. The van der Waals surface area contributed by atoms with Crippen molar-refractivity contribution in [2.75, 3.05) is 13.1 Å². The van der Waals surface area contributed by atoms with E-state index in [1.165, 1.54) is 12.8 Å². The third-order valence-electron chi connectivity index (χ3n) is 4.23. The SMILES string of the molecule is C=C(CN1CC2CC1C2)C(=O)NCc1ccccc1. The Morgan fingerprint density at radius 3 is 2.68 bits per heavy atom. The average molecular weight is 256 g/mol. The summed E-state index contributed by atoms with van der Waals surface area (Å²) in [6.07, 6.45) is 2.64. The van der Waals surface area contributed by atoms with Gasteiger partial charge >= 0.3 is 0 Å². The van der Waals surface area contributed by atoms with Crippen LogP contribution in [0.25, 0.3) is 0 Å². The molecule has 4 rings (SSSR count). The number of carbonyl (C=O) groups excluding carboxylic acids is 1. The van der Waals surface area contributed by atoms with Gasteiger partial charge in [-0.05, 0) is 24.3 Å². The lowest BCUT2D eigenvalue weighted by Gasteiger charge is -2.26. The molecule has 1 aliphatic carbocycles. The lowest BCUT2D eigenvalue weighted by molar-refractivity contribution is -0.117. The molecule has 2 aliphatic heterocycles. The molecule has 3 fully saturated rings. The Morgan fingerprint density at radius 1 is 1.32 bits per heavy atom. The Morgan fingerprint density at radius 2 is 2.05 bits per heavy atom. The molecular formula is C16H20N2O. The molecule has 0 aromatic heterocycles. The number of fused-ring (bicyclic) bond motifs is 1. The molecule has 3 heteroatoms. The van der Waals surface area contributed by atoms with E-state index in [1.807, 2.05) is 30.3 Å². The first-order chi connectivity index (χ1) is 9.22. The number of rotatable bonds is 5. The fraction of sp³-hybridized carbons (Fsp3) is 0.438. The predicted molar refractivity (Wildman–Crippen MR) is 75.5 cm³/mol. The molecule has 2 bridgehead atoms. The zero-order valence-electron chi connectivity index (χ0n) is 11.1. The van der Waals surface area contributed by atoms with E-state index in [0.717, 1.165) is 24.6 Å². The molecule has 100 valence electrons. The molecule has 0 unspecified atom stereocenters. The van der Waals surface area contributed by atoms with Crippen LogP contribution in [0.1, 0.15) is 18.4 Å². The van der Waals surface area contributed by atoms with Crippen molar-refractivity contribution >= 4 is 5.91 Å². The van der Waals surface area contributed by atoms with Crippen LogP contribution in [0.5, 0.6) is 0 Å². The quantitative estimate of drug-likeness (QED) is 0.817. The number of amides is 1. The van der Waals surface area contributed by atoms with Crippen molar-refractivity contribution in [3.8, 4) is 0 Å². The van der Waals surface area contributed by atoms with Crippen LogP contribution in [0.2, 0.25) is 0 Å². The maximum Gasteiger partial charge on any atom is 0.248 e. The van der Waals surface area contributed by atoms with Crippen molar-refractivity contribution in [2.24, 2.45) is 5.92 Å². The van der Waals surface area contributed by atoms with E-state index in [4.69, 9.17) is 0 Å². The number of hydrogen-bond donors (Lipinski definition) is 1. The van der Waals surface area contributed by atoms with Crippen LogP contribution in [-0.4, -0.2) is 29.9 Å². The number of nitrogens with one attached hydrogen (secondary N) is 1. The maximum absolute atomic E-state index is 12.0. The van der Waals surface area contributed by atoms with Crippen molar-refractivity contribution in [3.05, 3.63) is 48.0 Å². The highest BCUT2D eigenvalue weighted by Gasteiger charge is 2.42. The molecule has 0 spiro atoms. The largest absolute Gasteiger partial charge is 0.348 e. The van der Waals surface area contributed by atoms with E-state index in [0.29, 0.717) is 18.2 Å². The number of carbonyl (C=O) groups is 1.